The zero-order chi connectivity index (χ0) is 26.1. The zero-order valence-electron chi connectivity index (χ0n) is 20.8. The van der Waals surface area contributed by atoms with Gasteiger partial charge in [0.2, 0.25) is 5.91 Å². The standard InChI is InChI=1S/C29H33N3O4/c1-20(21-12-6-4-7-13-21)32-29(2,3)28(36)31-24-17-11-10-16-23(24)26(22-14-8-5-9-15-22)30-25(18-19-33)27(34)35/h4-17,20,25,32-33H,18-19H2,1-3H3,(H,31,36)(H,34,35)/t20-,25+/m0/s1. The molecule has 0 aliphatic carbocycles. The Hall–Kier alpha value is -3.81. The SMILES string of the molecule is C[C@H](NC(C)(C)C(=O)Nc1ccccc1C(=N[C@H](CCO)C(=O)O)c1ccccc1)c1ccccc1. The molecule has 0 aliphatic heterocycles. The van der Waals surface area contributed by atoms with E-state index in [9.17, 15) is 19.8 Å². The number of para-hydroxylation sites is 1. The number of carboxylic acids is 1. The largest absolute Gasteiger partial charge is 0.480 e. The smallest absolute Gasteiger partial charge is 0.328 e. The lowest BCUT2D eigenvalue weighted by Gasteiger charge is -2.30. The van der Waals surface area contributed by atoms with Gasteiger partial charge in [0, 0.05) is 30.2 Å². The van der Waals surface area contributed by atoms with Gasteiger partial charge in [-0.15, -0.1) is 0 Å². The van der Waals surface area contributed by atoms with Crippen molar-refractivity contribution in [1.82, 2.24) is 5.32 Å². The maximum Gasteiger partial charge on any atom is 0.328 e. The monoisotopic (exact) mass is 487 g/mol. The minimum Gasteiger partial charge on any atom is -0.480 e. The Balaban J connectivity index is 1.94. The Labute approximate surface area is 211 Å². The van der Waals surface area contributed by atoms with Crippen LogP contribution in [0.15, 0.2) is 89.9 Å². The second-order valence-electron chi connectivity index (χ2n) is 9.11. The molecule has 0 unspecified atom stereocenters. The summed E-state index contributed by atoms with van der Waals surface area (Å²) in [5.41, 5.74) is 2.40. The van der Waals surface area contributed by atoms with Gasteiger partial charge in [0.05, 0.1) is 16.9 Å². The molecule has 0 fully saturated rings. The van der Waals surface area contributed by atoms with E-state index >= 15 is 0 Å². The third-order valence-electron chi connectivity index (χ3n) is 5.89. The summed E-state index contributed by atoms with van der Waals surface area (Å²) in [4.78, 5) is 29.7. The van der Waals surface area contributed by atoms with Crippen molar-refractivity contribution in [3.63, 3.8) is 0 Å². The fourth-order valence-electron chi connectivity index (χ4n) is 3.93. The lowest BCUT2D eigenvalue weighted by atomic mass is 9.97. The quantitative estimate of drug-likeness (QED) is 0.299. The number of hydrogen-bond donors (Lipinski definition) is 4. The van der Waals surface area contributed by atoms with Gasteiger partial charge in [-0.25, -0.2) is 4.79 Å². The molecule has 3 aromatic carbocycles. The van der Waals surface area contributed by atoms with E-state index in [4.69, 9.17) is 0 Å². The third-order valence-corrected chi connectivity index (χ3v) is 5.89. The van der Waals surface area contributed by atoms with E-state index in [1.54, 1.807) is 18.2 Å². The summed E-state index contributed by atoms with van der Waals surface area (Å²) < 4.78 is 0. The highest BCUT2D eigenvalue weighted by atomic mass is 16.4. The Morgan fingerprint density at radius 1 is 0.917 bits per heavy atom. The molecule has 0 saturated carbocycles. The van der Waals surface area contributed by atoms with Crippen LogP contribution in [0.25, 0.3) is 0 Å². The first-order valence-electron chi connectivity index (χ1n) is 11.9. The fraction of sp³-hybridized carbons (Fsp3) is 0.276. The Kier molecular flexibility index (Phi) is 9.11. The van der Waals surface area contributed by atoms with Crippen molar-refractivity contribution in [3.8, 4) is 0 Å². The number of aliphatic hydroxyl groups excluding tert-OH is 1. The molecule has 1 amide bonds. The molecule has 36 heavy (non-hydrogen) atoms. The van der Waals surface area contributed by atoms with Gasteiger partial charge >= 0.3 is 5.97 Å². The minimum absolute atomic E-state index is 0.0193. The molecule has 0 aliphatic rings. The van der Waals surface area contributed by atoms with Crippen LogP contribution in [-0.4, -0.2) is 46.0 Å². The van der Waals surface area contributed by atoms with Crippen molar-refractivity contribution in [2.45, 2.75) is 44.8 Å². The van der Waals surface area contributed by atoms with Gasteiger partial charge in [0.15, 0.2) is 0 Å². The topological polar surface area (TPSA) is 111 Å². The van der Waals surface area contributed by atoms with Gasteiger partial charge in [-0.05, 0) is 32.4 Å². The van der Waals surface area contributed by atoms with Crippen LogP contribution < -0.4 is 10.6 Å². The van der Waals surface area contributed by atoms with Crippen LogP contribution in [0.3, 0.4) is 0 Å². The van der Waals surface area contributed by atoms with Gasteiger partial charge in [-0.2, -0.15) is 0 Å². The highest BCUT2D eigenvalue weighted by Gasteiger charge is 2.30. The average Bonchev–Trinajstić information content (AvgIpc) is 2.87. The lowest BCUT2D eigenvalue weighted by molar-refractivity contribution is -0.138. The molecule has 0 radical (unpaired) electrons. The first-order chi connectivity index (χ1) is 17.2. The maximum absolute atomic E-state index is 13.4. The number of nitrogens with zero attached hydrogens (tertiary/aromatic N) is 1. The summed E-state index contributed by atoms with van der Waals surface area (Å²) in [6.07, 6.45) is -0.0193. The zero-order valence-corrected chi connectivity index (χ0v) is 20.8. The summed E-state index contributed by atoms with van der Waals surface area (Å²) in [6.45, 7) is 5.34. The second kappa shape index (κ2) is 12.2. The second-order valence-corrected chi connectivity index (χ2v) is 9.11. The summed E-state index contributed by atoms with van der Waals surface area (Å²) >= 11 is 0. The molecule has 0 spiro atoms. The number of hydrogen-bond acceptors (Lipinski definition) is 5. The number of aliphatic carboxylic acids is 1. The highest BCUT2D eigenvalue weighted by molar-refractivity contribution is 6.18. The number of aliphatic imine (C=N–C) groups is 1. The molecule has 188 valence electrons. The van der Waals surface area contributed by atoms with E-state index in [-0.39, 0.29) is 25.0 Å². The molecule has 4 N–H and O–H groups in total. The van der Waals surface area contributed by atoms with Crippen LogP contribution in [0.1, 0.15) is 49.9 Å². The number of aliphatic hydroxyl groups is 1. The summed E-state index contributed by atoms with van der Waals surface area (Å²) in [6, 6.07) is 25.1. The van der Waals surface area contributed by atoms with Crippen LogP contribution >= 0.6 is 0 Å². The Morgan fingerprint density at radius 3 is 2.11 bits per heavy atom. The number of carboxylic acid groups (broad SMARTS) is 1. The molecule has 3 rings (SSSR count). The predicted molar refractivity (Wildman–Crippen MR) is 142 cm³/mol. The molecular weight excluding hydrogens is 454 g/mol. The minimum atomic E-state index is -1.13. The van der Waals surface area contributed by atoms with Crippen molar-refractivity contribution in [1.29, 1.82) is 0 Å². The van der Waals surface area contributed by atoms with E-state index in [0.717, 1.165) is 5.56 Å². The third kappa shape index (κ3) is 6.87. The Morgan fingerprint density at radius 2 is 1.50 bits per heavy atom. The first kappa shape index (κ1) is 26.8. The molecule has 0 aromatic heterocycles. The molecular formula is C29H33N3O4. The molecule has 0 saturated heterocycles. The Bertz CT molecular complexity index is 1190. The van der Waals surface area contributed by atoms with Gasteiger partial charge in [0.1, 0.15) is 6.04 Å². The fourth-order valence-corrected chi connectivity index (χ4v) is 3.93. The lowest BCUT2D eigenvalue weighted by Crippen LogP contribution is -2.50. The van der Waals surface area contributed by atoms with Gasteiger partial charge in [-0.1, -0.05) is 78.9 Å². The number of benzene rings is 3. The molecule has 7 nitrogen and oxygen atoms in total. The molecule has 3 aromatic rings. The van der Waals surface area contributed by atoms with E-state index in [1.165, 1.54) is 0 Å². The predicted octanol–water partition coefficient (Wildman–Crippen LogP) is 4.43. The van der Waals surface area contributed by atoms with E-state index in [0.29, 0.717) is 22.5 Å². The van der Waals surface area contributed by atoms with Crippen LogP contribution in [-0.2, 0) is 9.59 Å². The van der Waals surface area contributed by atoms with Crippen LogP contribution in [0.2, 0.25) is 0 Å². The van der Waals surface area contributed by atoms with Crippen molar-refractivity contribution in [3.05, 3.63) is 102 Å². The molecule has 0 bridgehead atoms. The number of carbonyl (C=O) groups excluding carboxylic acids is 1. The van der Waals surface area contributed by atoms with Gasteiger partial charge in [0.25, 0.3) is 0 Å². The van der Waals surface area contributed by atoms with Crippen molar-refractivity contribution < 1.29 is 19.8 Å². The number of anilines is 1. The number of rotatable bonds is 11. The van der Waals surface area contributed by atoms with Crippen molar-refractivity contribution >= 4 is 23.3 Å². The maximum atomic E-state index is 13.4. The molecule has 2 atom stereocenters. The normalized spacial score (nSPS) is 13.6. The number of carbonyl (C=O) groups is 2. The van der Waals surface area contributed by atoms with Crippen LogP contribution in [0.4, 0.5) is 5.69 Å². The van der Waals surface area contributed by atoms with E-state index < -0.39 is 17.6 Å². The van der Waals surface area contributed by atoms with Gasteiger partial charge < -0.3 is 15.5 Å². The van der Waals surface area contributed by atoms with Crippen molar-refractivity contribution in [2.75, 3.05) is 11.9 Å². The first-order valence-corrected chi connectivity index (χ1v) is 11.9. The average molecular weight is 488 g/mol. The number of nitrogens with one attached hydrogen (secondary N) is 2. The van der Waals surface area contributed by atoms with E-state index in [2.05, 4.69) is 15.6 Å². The van der Waals surface area contributed by atoms with Gasteiger partial charge in [-0.3, -0.25) is 15.1 Å². The summed E-state index contributed by atoms with van der Waals surface area (Å²) in [7, 11) is 0. The highest BCUT2D eigenvalue weighted by Crippen LogP contribution is 2.24. The molecule has 0 heterocycles. The number of amides is 1. The van der Waals surface area contributed by atoms with E-state index in [1.807, 2.05) is 87.5 Å². The summed E-state index contributed by atoms with van der Waals surface area (Å²) in [5.74, 6) is -1.37. The molecule has 7 heteroatoms. The summed E-state index contributed by atoms with van der Waals surface area (Å²) in [5, 5.41) is 25.4. The van der Waals surface area contributed by atoms with Crippen LogP contribution in [0, 0.1) is 0 Å². The van der Waals surface area contributed by atoms with Crippen LogP contribution in [0.5, 0.6) is 0 Å². The van der Waals surface area contributed by atoms with Crippen molar-refractivity contribution in [2.24, 2.45) is 4.99 Å².